The quantitative estimate of drug-likeness (QED) is 0.560. The van der Waals surface area contributed by atoms with Crippen LogP contribution in [-0.4, -0.2) is 19.6 Å². The van der Waals surface area contributed by atoms with Gasteiger partial charge in [0.15, 0.2) is 5.65 Å². The van der Waals surface area contributed by atoms with E-state index in [1.54, 1.807) is 0 Å². The highest BCUT2D eigenvalue weighted by Crippen LogP contribution is 2.01. The number of nitrogens with zero attached hydrogens (tertiary/aromatic N) is 3. The topological polar surface area (TPSA) is 89.1 Å². The molecule has 0 unspecified atom stereocenters. The third-order valence-electron chi connectivity index (χ3n) is 1.60. The monoisotopic (exact) mass is 165 g/mol. The Labute approximate surface area is 67.0 Å². The van der Waals surface area contributed by atoms with E-state index < -0.39 is 0 Å². The van der Waals surface area contributed by atoms with E-state index in [0.717, 1.165) is 5.56 Å². The first-order valence-corrected chi connectivity index (χ1v) is 3.43. The van der Waals surface area contributed by atoms with Crippen LogP contribution in [0.4, 0.5) is 0 Å². The Morgan fingerprint density at radius 2 is 2.50 bits per heavy atom. The van der Waals surface area contributed by atoms with Crippen LogP contribution in [0, 0.1) is 0 Å². The molecule has 0 aliphatic rings. The molecular weight excluding hydrogens is 158 g/mol. The standard InChI is InChI=1S/C6H7N5O/c7-1-4-2-10-11-5(4)8-3-9-6(11)12/h2-3H,1,7H2,(H,8,9,12). The normalized spacial score (nSPS) is 10.8. The van der Waals surface area contributed by atoms with Crippen molar-refractivity contribution in [2.45, 2.75) is 6.54 Å². The largest absolute Gasteiger partial charge is 0.349 e. The molecule has 0 fully saturated rings. The van der Waals surface area contributed by atoms with Crippen molar-refractivity contribution in [3.8, 4) is 0 Å². The summed E-state index contributed by atoms with van der Waals surface area (Å²) >= 11 is 0. The second kappa shape index (κ2) is 2.42. The Hall–Kier alpha value is -1.69. The van der Waals surface area contributed by atoms with Gasteiger partial charge in [-0.05, 0) is 0 Å². The summed E-state index contributed by atoms with van der Waals surface area (Å²) in [4.78, 5) is 17.4. The van der Waals surface area contributed by atoms with Crippen molar-refractivity contribution in [1.82, 2.24) is 19.6 Å². The number of rotatable bonds is 1. The third kappa shape index (κ3) is 0.817. The molecule has 0 atom stereocenters. The first kappa shape index (κ1) is 6.99. The molecule has 0 amide bonds. The summed E-state index contributed by atoms with van der Waals surface area (Å²) in [6, 6.07) is 0. The zero-order chi connectivity index (χ0) is 8.55. The van der Waals surface area contributed by atoms with Gasteiger partial charge in [0, 0.05) is 12.1 Å². The maximum atomic E-state index is 11.1. The van der Waals surface area contributed by atoms with E-state index in [1.807, 2.05) is 0 Å². The summed E-state index contributed by atoms with van der Waals surface area (Å²) in [7, 11) is 0. The van der Waals surface area contributed by atoms with Crippen LogP contribution in [-0.2, 0) is 6.54 Å². The van der Waals surface area contributed by atoms with E-state index in [4.69, 9.17) is 5.73 Å². The predicted molar refractivity (Wildman–Crippen MR) is 41.5 cm³/mol. The molecule has 6 nitrogen and oxygen atoms in total. The van der Waals surface area contributed by atoms with Gasteiger partial charge < -0.3 is 5.73 Å². The summed E-state index contributed by atoms with van der Waals surface area (Å²) < 4.78 is 1.18. The molecule has 0 aliphatic heterocycles. The highest BCUT2D eigenvalue weighted by atomic mass is 16.1. The summed E-state index contributed by atoms with van der Waals surface area (Å²) in [6.45, 7) is 0.333. The minimum Gasteiger partial charge on any atom is -0.326 e. The number of aromatic nitrogens is 4. The number of H-pyrrole nitrogens is 1. The Morgan fingerprint density at radius 1 is 1.67 bits per heavy atom. The van der Waals surface area contributed by atoms with Gasteiger partial charge in [-0.2, -0.15) is 9.61 Å². The van der Waals surface area contributed by atoms with E-state index >= 15 is 0 Å². The molecule has 0 aliphatic carbocycles. The van der Waals surface area contributed by atoms with Crippen molar-refractivity contribution < 1.29 is 0 Å². The summed E-state index contributed by atoms with van der Waals surface area (Å²) in [5, 5.41) is 3.82. The van der Waals surface area contributed by atoms with Crippen LogP contribution in [0.15, 0.2) is 17.3 Å². The lowest BCUT2D eigenvalue weighted by Gasteiger charge is -1.90. The lowest BCUT2D eigenvalue weighted by Crippen LogP contribution is -2.17. The van der Waals surface area contributed by atoms with Gasteiger partial charge in [0.05, 0.1) is 12.5 Å². The van der Waals surface area contributed by atoms with Gasteiger partial charge in [0.25, 0.3) is 0 Å². The van der Waals surface area contributed by atoms with Crippen LogP contribution in [0.2, 0.25) is 0 Å². The molecule has 0 bridgehead atoms. The third-order valence-corrected chi connectivity index (χ3v) is 1.60. The summed E-state index contributed by atoms with van der Waals surface area (Å²) in [5.74, 6) is 0. The first-order chi connectivity index (χ1) is 5.83. The number of aromatic amines is 1. The van der Waals surface area contributed by atoms with Crippen molar-refractivity contribution in [2.75, 3.05) is 0 Å². The Bertz CT molecular complexity index is 456. The van der Waals surface area contributed by atoms with E-state index in [9.17, 15) is 4.79 Å². The van der Waals surface area contributed by atoms with Crippen LogP contribution >= 0.6 is 0 Å². The van der Waals surface area contributed by atoms with Gasteiger partial charge in [-0.25, -0.2) is 9.78 Å². The van der Waals surface area contributed by atoms with Gasteiger partial charge >= 0.3 is 5.69 Å². The lowest BCUT2D eigenvalue weighted by atomic mass is 10.3. The number of hydrogen-bond donors (Lipinski definition) is 2. The molecule has 0 saturated heterocycles. The first-order valence-electron chi connectivity index (χ1n) is 3.43. The Morgan fingerprint density at radius 3 is 3.25 bits per heavy atom. The molecular formula is C6H7N5O. The fraction of sp³-hybridized carbons (Fsp3) is 0.167. The van der Waals surface area contributed by atoms with Crippen molar-refractivity contribution in [2.24, 2.45) is 5.73 Å². The predicted octanol–water partition coefficient (Wildman–Crippen LogP) is -1.12. The van der Waals surface area contributed by atoms with Crippen LogP contribution < -0.4 is 11.4 Å². The SMILES string of the molecule is NCc1cnn2c(=O)[nH]cnc12. The molecule has 0 aromatic carbocycles. The van der Waals surface area contributed by atoms with Crippen LogP contribution in [0.25, 0.3) is 5.65 Å². The zero-order valence-corrected chi connectivity index (χ0v) is 6.19. The molecule has 6 heteroatoms. The van der Waals surface area contributed by atoms with Crippen molar-refractivity contribution in [3.05, 3.63) is 28.6 Å². The van der Waals surface area contributed by atoms with Gasteiger partial charge in [-0.3, -0.25) is 4.98 Å². The molecule has 62 valence electrons. The minimum atomic E-state index is -0.306. The van der Waals surface area contributed by atoms with Crippen LogP contribution in [0.1, 0.15) is 5.56 Å². The maximum Gasteiger partial charge on any atom is 0.349 e. The number of fused-ring (bicyclic) bond motifs is 1. The average Bonchev–Trinajstić information content (AvgIpc) is 2.49. The molecule has 2 rings (SSSR count). The maximum absolute atomic E-state index is 11.1. The molecule has 0 radical (unpaired) electrons. The Kier molecular flexibility index (Phi) is 1.41. The van der Waals surface area contributed by atoms with Crippen LogP contribution in [0.3, 0.4) is 0 Å². The highest BCUT2D eigenvalue weighted by molar-refractivity contribution is 5.44. The van der Waals surface area contributed by atoms with E-state index in [0.29, 0.717) is 12.2 Å². The Balaban J connectivity index is 2.89. The smallest absolute Gasteiger partial charge is 0.326 e. The second-order valence-corrected chi connectivity index (χ2v) is 2.32. The van der Waals surface area contributed by atoms with Gasteiger partial charge in [0.1, 0.15) is 0 Å². The van der Waals surface area contributed by atoms with Gasteiger partial charge in [0.2, 0.25) is 0 Å². The van der Waals surface area contributed by atoms with E-state index in [-0.39, 0.29) is 5.69 Å². The summed E-state index contributed by atoms with van der Waals surface area (Å²) in [5.41, 5.74) is 6.38. The fourth-order valence-corrected chi connectivity index (χ4v) is 1.02. The van der Waals surface area contributed by atoms with Crippen LogP contribution in [0.5, 0.6) is 0 Å². The van der Waals surface area contributed by atoms with Crippen molar-refractivity contribution in [3.63, 3.8) is 0 Å². The second-order valence-electron chi connectivity index (χ2n) is 2.32. The minimum absolute atomic E-state index is 0.306. The van der Waals surface area contributed by atoms with E-state index in [2.05, 4.69) is 15.1 Å². The number of nitrogens with one attached hydrogen (secondary N) is 1. The fourth-order valence-electron chi connectivity index (χ4n) is 1.02. The van der Waals surface area contributed by atoms with E-state index in [1.165, 1.54) is 17.0 Å². The average molecular weight is 165 g/mol. The zero-order valence-electron chi connectivity index (χ0n) is 6.19. The summed E-state index contributed by atoms with van der Waals surface area (Å²) in [6.07, 6.45) is 2.87. The van der Waals surface area contributed by atoms with Gasteiger partial charge in [-0.15, -0.1) is 0 Å². The van der Waals surface area contributed by atoms with Gasteiger partial charge in [-0.1, -0.05) is 0 Å². The lowest BCUT2D eigenvalue weighted by molar-refractivity contribution is 0.840. The molecule has 0 spiro atoms. The molecule has 12 heavy (non-hydrogen) atoms. The highest BCUT2D eigenvalue weighted by Gasteiger charge is 2.04. The molecule has 2 aromatic rings. The van der Waals surface area contributed by atoms with Crippen molar-refractivity contribution in [1.29, 1.82) is 0 Å². The van der Waals surface area contributed by atoms with Crippen molar-refractivity contribution >= 4 is 5.65 Å². The number of hydrogen-bond acceptors (Lipinski definition) is 4. The molecule has 3 N–H and O–H groups in total. The molecule has 0 saturated carbocycles. The molecule has 2 aromatic heterocycles. The molecule has 2 heterocycles. The number of nitrogens with two attached hydrogens (primary N) is 1.